The fourth-order valence-corrected chi connectivity index (χ4v) is 4.77. The van der Waals surface area contributed by atoms with Crippen LogP contribution in [-0.2, 0) is 4.79 Å². The van der Waals surface area contributed by atoms with Gasteiger partial charge in [-0.05, 0) is 47.9 Å². The van der Waals surface area contributed by atoms with Crippen LogP contribution in [-0.4, -0.2) is 65.6 Å². The van der Waals surface area contributed by atoms with Crippen molar-refractivity contribution in [2.45, 2.75) is 13.0 Å². The Bertz CT molecular complexity index is 1210. The van der Waals surface area contributed by atoms with Crippen molar-refractivity contribution >= 4 is 17.4 Å². The van der Waals surface area contributed by atoms with Crippen molar-refractivity contribution in [3.63, 3.8) is 0 Å². The Morgan fingerprint density at radius 1 is 1.00 bits per heavy atom. The molecule has 0 spiro atoms. The first-order valence-electron chi connectivity index (χ1n) is 12.0. The monoisotopic (exact) mass is 471 g/mol. The molecule has 6 nitrogen and oxygen atoms in total. The zero-order valence-electron chi connectivity index (χ0n) is 20.1. The Morgan fingerprint density at radius 3 is 2.43 bits per heavy atom. The average molecular weight is 472 g/mol. The summed E-state index contributed by atoms with van der Waals surface area (Å²) in [4.78, 5) is 22.0. The molecule has 0 saturated carbocycles. The number of aromatic nitrogens is 1. The standard InChI is InChI=1S/C28H30FN5O/c1-21-11-12-23(18-24(21)29)25-19-26(22-8-4-3-5-9-22)34(31(25)2)20-28(35)33-16-14-32(15-17-33)27-10-6-7-13-30-27/h3-13,18-19,25H,14-17,20H2,1-2H3. The van der Waals surface area contributed by atoms with Crippen LogP contribution < -0.4 is 4.90 Å². The van der Waals surface area contributed by atoms with Crippen molar-refractivity contribution in [2.75, 3.05) is 44.7 Å². The lowest BCUT2D eigenvalue weighted by atomic mass is 10.0. The molecule has 3 aromatic rings. The second-order valence-electron chi connectivity index (χ2n) is 9.06. The average Bonchev–Trinajstić information content (AvgIpc) is 3.22. The molecule has 3 heterocycles. The van der Waals surface area contributed by atoms with Crippen LogP contribution in [0.3, 0.4) is 0 Å². The first kappa shape index (κ1) is 23.1. The van der Waals surface area contributed by atoms with Gasteiger partial charge in [0.15, 0.2) is 0 Å². The van der Waals surface area contributed by atoms with E-state index >= 15 is 0 Å². The molecule has 180 valence electrons. The van der Waals surface area contributed by atoms with Gasteiger partial charge >= 0.3 is 0 Å². The summed E-state index contributed by atoms with van der Waals surface area (Å²) < 4.78 is 14.4. The third-order valence-corrected chi connectivity index (χ3v) is 6.87. The number of amides is 1. The van der Waals surface area contributed by atoms with Crippen LogP contribution in [0.2, 0.25) is 0 Å². The number of anilines is 1. The Kier molecular flexibility index (Phi) is 6.51. The van der Waals surface area contributed by atoms with Gasteiger partial charge in [0.2, 0.25) is 5.91 Å². The number of halogens is 1. The summed E-state index contributed by atoms with van der Waals surface area (Å²) in [5.41, 5.74) is 3.48. The molecule has 1 amide bonds. The number of pyridine rings is 1. The van der Waals surface area contributed by atoms with E-state index in [-0.39, 0.29) is 24.3 Å². The summed E-state index contributed by atoms with van der Waals surface area (Å²) in [5, 5.41) is 4.06. The summed E-state index contributed by atoms with van der Waals surface area (Å²) in [6.45, 7) is 4.82. The van der Waals surface area contributed by atoms with Gasteiger partial charge in [0.05, 0.1) is 11.7 Å². The van der Waals surface area contributed by atoms with Crippen LogP contribution in [0.15, 0.2) is 79.0 Å². The van der Waals surface area contributed by atoms with E-state index in [0.29, 0.717) is 18.7 Å². The zero-order valence-corrected chi connectivity index (χ0v) is 20.1. The lowest BCUT2D eigenvalue weighted by Crippen LogP contribution is -2.52. The summed E-state index contributed by atoms with van der Waals surface area (Å²) in [6, 6.07) is 21.1. The molecule has 0 radical (unpaired) electrons. The number of hydrogen-bond donors (Lipinski definition) is 0. The minimum Gasteiger partial charge on any atom is -0.353 e. The van der Waals surface area contributed by atoms with Crippen LogP contribution in [0, 0.1) is 12.7 Å². The molecule has 2 aliphatic heterocycles. The highest BCUT2D eigenvalue weighted by molar-refractivity contribution is 5.81. The largest absolute Gasteiger partial charge is 0.353 e. The third-order valence-electron chi connectivity index (χ3n) is 6.87. The van der Waals surface area contributed by atoms with Crippen LogP contribution >= 0.6 is 0 Å². The van der Waals surface area contributed by atoms with Crippen molar-refractivity contribution in [1.82, 2.24) is 19.9 Å². The maximum absolute atomic E-state index is 14.4. The summed E-state index contributed by atoms with van der Waals surface area (Å²) in [5.74, 6) is 0.808. The van der Waals surface area contributed by atoms with Gasteiger partial charge < -0.3 is 9.80 Å². The molecule has 1 fully saturated rings. The maximum atomic E-state index is 14.4. The van der Waals surface area contributed by atoms with Crippen LogP contribution in [0.25, 0.3) is 5.70 Å². The molecule has 0 aliphatic carbocycles. The topological polar surface area (TPSA) is 42.9 Å². The van der Waals surface area contributed by atoms with Crippen molar-refractivity contribution in [3.8, 4) is 0 Å². The highest BCUT2D eigenvalue weighted by atomic mass is 19.1. The first-order valence-corrected chi connectivity index (χ1v) is 12.0. The lowest BCUT2D eigenvalue weighted by molar-refractivity contribution is -0.135. The molecule has 0 N–H and O–H groups in total. The predicted molar refractivity (Wildman–Crippen MR) is 136 cm³/mol. The SMILES string of the molecule is Cc1ccc(C2C=C(c3ccccc3)N(CC(=O)N3CCN(c4ccccn4)CC3)N2C)cc1F. The highest BCUT2D eigenvalue weighted by Gasteiger charge is 2.34. The number of aryl methyl sites for hydroxylation is 1. The van der Waals surface area contributed by atoms with Gasteiger partial charge in [-0.2, -0.15) is 0 Å². The number of piperazine rings is 1. The van der Waals surface area contributed by atoms with Gasteiger partial charge in [-0.15, -0.1) is 0 Å². The summed E-state index contributed by atoms with van der Waals surface area (Å²) >= 11 is 0. The van der Waals surface area contributed by atoms with Gasteiger partial charge in [-0.1, -0.05) is 48.5 Å². The van der Waals surface area contributed by atoms with E-state index in [1.807, 2.05) is 82.6 Å². The molecule has 2 aliphatic rings. The van der Waals surface area contributed by atoms with Crippen molar-refractivity contribution in [1.29, 1.82) is 0 Å². The molecule has 2 aromatic carbocycles. The second kappa shape index (κ2) is 9.88. The van der Waals surface area contributed by atoms with Gasteiger partial charge in [-0.3, -0.25) is 9.80 Å². The Morgan fingerprint density at radius 2 is 1.74 bits per heavy atom. The normalized spacial score (nSPS) is 18.7. The molecule has 1 saturated heterocycles. The van der Waals surface area contributed by atoms with Crippen molar-refractivity contribution in [2.24, 2.45) is 0 Å². The van der Waals surface area contributed by atoms with E-state index in [4.69, 9.17) is 0 Å². The number of hydrogen-bond acceptors (Lipinski definition) is 5. The number of carbonyl (C=O) groups is 1. The quantitative estimate of drug-likeness (QED) is 0.560. The second-order valence-corrected chi connectivity index (χ2v) is 9.06. The van der Waals surface area contributed by atoms with Crippen molar-refractivity contribution in [3.05, 3.63) is 102 Å². The molecule has 0 bridgehead atoms. The third kappa shape index (κ3) is 4.77. The number of hydrazine groups is 1. The molecular formula is C28H30FN5O. The Balaban J connectivity index is 1.33. The van der Waals surface area contributed by atoms with Crippen molar-refractivity contribution < 1.29 is 9.18 Å². The fraction of sp³-hybridized carbons (Fsp3) is 0.286. The minimum absolute atomic E-state index is 0.0788. The number of nitrogens with zero attached hydrogens (tertiary/aromatic N) is 5. The minimum atomic E-state index is -0.217. The van der Waals surface area contributed by atoms with Gasteiger partial charge in [0.1, 0.15) is 18.2 Å². The molecule has 1 atom stereocenters. The van der Waals surface area contributed by atoms with Crippen LogP contribution in [0.1, 0.15) is 22.7 Å². The highest BCUT2D eigenvalue weighted by Crippen LogP contribution is 2.37. The van der Waals surface area contributed by atoms with Gasteiger partial charge in [-0.25, -0.2) is 14.4 Å². The maximum Gasteiger partial charge on any atom is 0.243 e. The number of carbonyl (C=O) groups excluding carboxylic acids is 1. The number of rotatable bonds is 5. The van der Waals surface area contributed by atoms with E-state index in [9.17, 15) is 9.18 Å². The summed E-state index contributed by atoms with van der Waals surface area (Å²) in [6.07, 6.45) is 3.91. The fourth-order valence-electron chi connectivity index (χ4n) is 4.77. The molecule has 7 heteroatoms. The van der Waals surface area contributed by atoms with E-state index in [0.717, 1.165) is 35.7 Å². The Hall–Kier alpha value is -3.71. The smallest absolute Gasteiger partial charge is 0.243 e. The van der Waals surface area contributed by atoms with E-state index in [2.05, 4.69) is 16.0 Å². The van der Waals surface area contributed by atoms with Crippen LogP contribution in [0.5, 0.6) is 0 Å². The summed E-state index contributed by atoms with van der Waals surface area (Å²) in [7, 11) is 1.96. The van der Waals surface area contributed by atoms with E-state index in [1.165, 1.54) is 0 Å². The van der Waals surface area contributed by atoms with E-state index < -0.39 is 0 Å². The first-order chi connectivity index (χ1) is 17.0. The molecule has 1 unspecified atom stereocenters. The molecule has 5 rings (SSSR count). The number of benzene rings is 2. The molecule has 1 aromatic heterocycles. The van der Waals surface area contributed by atoms with E-state index in [1.54, 1.807) is 19.2 Å². The molecular weight excluding hydrogens is 441 g/mol. The van der Waals surface area contributed by atoms with Gasteiger partial charge in [0.25, 0.3) is 0 Å². The lowest BCUT2D eigenvalue weighted by Gasteiger charge is -2.38. The zero-order chi connectivity index (χ0) is 24.4. The van der Waals surface area contributed by atoms with Crippen LogP contribution in [0.4, 0.5) is 10.2 Å². The Labute approximate surface area is 205 Å². The predicted octanol–water partition coefficient (Wildman–Crippen LogP) is 4.12. The number of likely N-dealkylation sites (N-methyl/N-ethyl adjacent to an activating group) is 1. The molecule has 35 heavy (non-hydrogen) atoms. The van der Waals surface area contributed by atoms with Gasteiger partial charge in [0, 0.05) is 39.4 Å².